The lowest BCUT2D eigenvalue weighted by molar-refractivity contribution is -0.128. The van der Waals surface area contributed by atoms with Gasteiger partial charge >= 0.3 is 0 Å². The fourth-order valence-corrected chi connectivity index (χ4v) is 1.72. The Labute approximate surface area is 138 Å². The highest BCUT2D eigenvalue weighted by Crippen LogP contribution is 2.11. The summed E-state index contributed by atoms with van der Waals surface area (Å²) in [5.74, 6) is -0.241. The van der Waals surface area contributed by atoms with Crippen LogP contribution in [0.4, 0.5) is 0 Å². The van der Waals surface area contributed by atoms with Gasteiger partial charge in [0.1, 0.15) is 0 Å². The highest BCUT2D eigenvalue weighted by molar-refractivity contribution is 5.85. The number of hydrogen-bond acceptors (Lipinski definition) is 3. The van der Waals surface area contributed by atoms with Crippen LogP contribution in [0.5, 0.6) is 0 Å². The monoisotopic (exact) mass is 327 g/mol. The zero-order valence-corrected chi connectivity index (χ0v) is 14.2. The van der Waals surface area contributed by atoms with Gasteiger partial charge in [-0.2, -0.15) is 0 Å². The summed E-state index contributed by atoms with van der Waals surface area (Å²) in [6, 6.07) is 9.07. The molecule has 124 valence electrons. The van der Waals surface area contributed by atoms with Gasteiger partial charge in [0.15, 0.2) is 0 Å². The molecule has 2 amide bonds. The van der Waals surface area contributed by atoms with Crippen molar-refractivity contribution in [3.63, 3.8) is 0 Å². The van der Waals surface area contributed by atoms with Gasteiger partial charge in [0, 0.05) is 18.5 Å². The van der Waals surface area contributed by atoms with Crippen LogP contribution in [-0.4, -0.2) is 30.9 Å². The summed E-state index contributed by atoms with van der Waals surface area (Å²) in [5.41, 5.74) is 6.47. The highest BCUT2D eigenvalue weighted by atomic mass is 35.5. The Morgan fingerprint density at radius 1 is 1.09 bits per heavy atom. The first-order chi connectivity index (χ1) is 9.80. The molecule has 1 aromatic carbocycles. The highest BCUT2D eigenvalue weighted by Gasteiger charge is 2.20. The van der Waals surface area contributed by atoms with Crippen LogP contribution >= 0.6 is 12.4 Å². The average molecular weight is 328 g/mol. The third-order valence-electron chi connectivity index (χ3n) is 3.03. The molecular weight excluding hydrogens is 302 g/mol. The maximum absolute atomic E-state index is 11.8. The Morgan fingerprint density at radius 2 is 1.64 bits per heavy atom. The van der Waals surface area contributed by atoms with Crippen LogP contribution in [0.3, 0.4) is 0 Å². The third-order valence-corrected chi connectivity index (χ3v) is 3.03. The normalized spacial score (nSPS) is 12.0. The molecule has 0 fully saturated rings. The van der Waals surface area contributed by atoms with Crippen molar-refractivity contribution in [3.8, 4) is 0 Å². The average Bonchev–Trinajstić information content (AvgIpc) is 2.43. The van der Waals surface area contributed by atoms with E-state index >= 15 is 0 Å². The van der Waals surface area contributed by atoms with E-state index in [-0.39, 0.29) is 24.2 Å². The number of hydrogen-bond donors (Lipinski definition) is 3. The van der Waals surface area contributed by atoms with Crippen molar-refractivity contribution in [1.82, 2.24) is 10.6 Å². The van der Waals surface area contributed by atoms with E-state index in [9.17, 15) is 9.59 Å². The molecule has 0 saturated heterocycles. The molecule has 0 unspecified atom stereocenters. The Kier molecular flexibility index (Phi) is 8.75. The minimum Gasteiger partial charge on any atom is -0.354 e. The Hall–Kier alpha value is -1.59. The molecule has 22 heavy (non-hydrogen) atoms. The van der Waals surface area contributed by atoms with Crippen molar-refractivity contribution in [2.24, 2.45) is 11.1 Å². The van der Waals surface area contributed by atoms with Gasteiger partial charge in [-0.05, 0) is 12.0 Å². The molecule has 4 N–H and O–H groups in total. The summed E-state index contributed by atoms with van der Waals surface area (Å²) in [4.78, 5) is 23.5. The third kappa shape index (κ3) is 7.43. The van der Waals surface area contributed by atoms with Crippen LogP contribution in [0.1, 0.15) is 26.3 Å². The maximum atomic E-state index is 11.8. The first-order valence-corrected chi connectivity index (χ1v) is 7.16. The molecule has 5 nitrogen and oxygen atoms in total. The number of carbonyl (C=O) groups excluding carboxylic acids is 2. The van der Waals surface area contributed by atoms with Crippen molar-refractivity contribution in [2.45, 2.75) is 33.2 Å². The summed E-state index contributed by atoms with van der Waals surface area (Å²) in [5, 5.41) is 5.50. The molecule has 0 heterocycles. The fourth-order valence-electron chi connectivity index (χ4n) is 1.72. The molecule has 0 radical (unpaired) electrons. The summed E-state index contributed by atoms with van der Waals surface area (Å²) in [6.45, 7) is 6.31. The topological polar surface area (TPSA) is 84.2 Å². The predicted octanol–water partition coefficient (Wildman–Crippen LogP) is 1.26. The first-order valence-electron chi connectivity index (χ1n) is 7.16. The van der Waals surface area contributed by atoms with Crippen molar-refractivity contribution in [1.29, 1.82) is 0 Å². The van der Waals surface area contributed by atoms with Gasteiger partial charge in [0.2, 0.25) is 11.8 Å². The lowest BCUT2D eigenvalue weighted by Gasteiger charge is -2.18. The molecule has 1 atom stereocenters. The van der Waals surface area contributed by atoms with Gasteiger partial charge in [-0.1, -0.05) is 51.1 Å². The first kappa shape index (κ1) is 20.4. The van der Waals surface area contributed by atoms with Crippen LogP contribution in [0, 0.1) is 5.41 Å². The van der Waals surface area contributed by atoms with Crippen molar-refractivity contribution < 1.29 is 9.59 Å². The molecule has 0 aliphatic carbocycles. The molecule has 0 aliphatic heterocycles. The minimum absolute atomic E-state index is 0. The molecule has 0 bridgehead atoms. The maximum Gasteiger partial charge on any atom is 0.237 e. The predicted molar refractivity (Wildman–Crippen MR) is 90.8 cm³/mol. The van der Waals surface area contributed by atoms with Crippen molar-refractivity contribution in [3.05, 3.63) is 35.9 Å². The van der Waals surface area contributed by atoms with Crippen LogP contribution in [-0.2, 0) is 16.0 Å². The van der Waals surface area contributed by atoms with Gasteiger partial charge in [0.25, 0.3) is 0 Å². The summed E-state index contributed by atoms with van der Waals surface area (Å²) in [7, 11) is 0. The SMILES string of the molecule is CC(C)(C)C(=O)NCCNC(=O)[C@@H](N)Cc1ccccc1.Cl. The van der Waals surface area contributed by atoms with Crippen LogP contribution < -0.4 is 16.4 Å². The fraction of sp³-hybridized carbons (Fsp3) is 0.500. The number of carbonyl (C=O) groups is 2. The Balaban J connectivity index is 0.00000441. The van der Waals surface area contributed by atoms with E-state index in [0.717, 1.165) is 5.56 Å². The summed E-state index contributed by atoms with van der Waals surface area (Å²) in [6.07, 6.45) is 0.501. The van der Waals surface area contributed by atoms with E-state index < -0.39 is 11.5 Å². The molecule has 0 spiro atoms. The van der Waals surface area contributed by atoms with E-state index in [4.69, 9.17) is 5.73 Å². The number of nitrogens with two attached hydrogens (primary N) is 1. The lowest BCUT2D eigenvalue weighted by Crippen LogP contribution is -2.45. The smallest absolute Gasteiger partial charge is 0.237 e. The molecule has 0 aliphatic rings. The van der Waals surface area contributed by atoms with Crippen molar-refractivity contribution >= 4 is 24.2 Å². The molecule has 6 heteroatoms. The number of nitrogens with one attached hydrogen (secondary N) is 2. The summed E-state index contributed by atoms with van der Waals surface area (Å²) >= 11 is 0. The van der Waals surface area contributed by atoms with Crippen LogP contribution in [0.2, 0.25) is 0 Å². The van der Waals surface area contributed by atoms with Crippen LogP contribution in [0.25, 0.3) is 0 Å². The number of rotatable bonds is 6. The second kappa shape index (κ2) is 9.43. The van der Waals surface area contributed by atoms with E-state index in [1.807, 2.05) is 51.1 Å². The van der Waals surface area contributed by atoms with Gasteiger partial charge in [-0.25, -0.2) is 0 Å². The zero-order chi connectivity index (χ0) is 15.9. The van der Waals surface area contributed by atoms with E-state index in [1.54, 1.807) is 0 Å². The number of amides is 2. The molecular formula is C16H26ClN3O2. The van der Waals surface area contributed by atoms with E-state index in [1.165, 1.54) is 0 Å². The van der Waals surface area contributed by atoms with Gasteiger partial charge in [0.05, 0.1) is 6.04 Å². The minimum atomic E-state index is -0.578. The van der Waals surface area contributed by atoms with Gasteiger partial charge in [-0.15, -0.1) is 12.4 Å². The molecule has 0 saturated carbocycles. The van der Waals surface area contributed by atoms with Crippen molar-refractivity contribution in [2.75, 3.05) is 13.1 Å². The standard InChI is InChI=1S/C16H25N3O2.ClH/c1-16(2,3)15(21)19-10-9-18-14(20)13(17)11-12-7-5-4-6-8-12;/h4-8,13H,9-11,17H2,1-3H3,(H,18,20)(H,19,21);1H/t13-;/m0./s1. The Morgan fingerprint density at radius 3 is 2.18 bits per heavy atom. The Bertz CT molecular complexity index is 472. The van der Waals surface area contributed by atoms with E-state index in [2.05, 4.69) is 10.6 Å². The van der Waals surface area contributed by atoms with E-state index in [0.29, 0.717) is 19.5 Å². The molecule has 1 aromatic rings. The second-order valence-electron chi connectivity index (χ2n) is 6.09. The molecule has 1 rings (SSSR count). The largest absolute Gasteiger partial charge is 0.354 e. The van der Waals surface area contributed by atoms with Gasteiger partial charge in [-0.3, -0.25) is 9.59 Å². The van der Waals surface area contributed by atoms with Gasteiger partial charge < -0.3 is 16.4 Å². The van der Waals surface area contributed by atoms with Crippen LogP contribution in [0.15, 0.2) is 30.3 Å². The lowest BCUT2D eigenvalue weighted by atomic mass is 9.96. The number of benzene rings is 1. The second-order valence-corrected chi connectivity index (χ2v) is 6.09. The number of halogens is 1. The summed E-state index contributed by atoms with van der Waals surface area (Å²) < 4.78 is 0. The zero-order valence-electron chi connectivity index (χ0n) is 13.4. The quantitative estimate of drug-likeness (QED) is 0.688. The molecule has 0 aromatic heterocycles.